The van der Waals surface area contributed by atoms with Crippen LogP contribution in [0.15, 0.2) is 18.2 Å². The lowest BCUT2D eigenvalue weighted by atomic mass is 10.2. The van der Waals surface area contributed by atoms with E-state index in [1.165, 1.54) is 18.2 Å². The summed E-state index contributed by atoms with van der Waals surface area (Å²) < 4.78 is 10.5. The molecule has 0 aromatic heterocycles. The van der Waals surface area contributed by atoms with Crippen molar-refractivity contribution in [2.75, 3.05) is 26.3 Å². The van der Waals surface area contributed by atoms with Gasteiger partial charge in [-0.15, -0.1) is 0 Å². The lowest BCUT2D eigenvalue weighted by Gasteiger charge is -2.13. The minimum absolute atomic E-state index is 0.0761. The second-order valence-corrected chi connectivity index (χ2v) is 5.48. The van der Waals surface area contributed by atoms with Gasteiger partial charge < -0.3 is 25.2 Å². The molecule has 138 valence electrons. The van der Waals surface area contributed by atoms with Crippen molar-refractivity contribution < 1.29 is 29.0 Å². The third kappa shape index (κ3) is 7.11. The fourth-order valence-corrected chi connectivity index (χ4v) is 1.84. The maximum Gasteiger partial charge on any atom is 0.341 e. The van der Waals surface area contributed by atoms with Crippen LogP contribution in [0.2, 0.25) is 0 Å². The van der Waals surface area contributed by atoms with E-state index in [2.05, 4.69) is 10.6 Å². The lowest BCUT2D eigenvalue weighted by molar-refractivity contribution is -0.139. The monoisotopic (exact) mass is 352 g/mol. The molecule has 0 aliphatic rings. The average molecular weight is 352 g/mol. The van der Waals surface area contributed by atoms with Crippen LogP contribution in [0.5, 0.6) is 11.5 Å². The van der Waals surface area contributed by atoms with E-state index >= 15 is 0 Å². The number of carbonyl (C=O) groups is 3. The van der Waals surface area contributed by atoms with Crippen molar-refractivity contribution in [3.8, 4) is 11.5 Å². The molecule has 25 heavy (non-hydrogen) atoms. The van der Waals surface area contributed by atoms with Gasteiger partial charge in [-0.1, -0.05) is 13.8 Å². The summed E-state index contributed by atoms with van der Waals surface area (Å²) in [5, 5.41) is 14.1. The van der Waals surface area contributed by atoms with Gasteiger partial charge in [-0.3, -0.25) is 9.59 Å². The van der Waals surface area contributed by atoms with Crippen molar-refractivity contribution in [1.29, 1.82) is 0 Å². The van der Waals surface area contributed by atoms with Crippen LogP contribution in [-0.4, -0.2) is 49.2 Å². The molecular weight excluding hydrogens is 328 g/mol. The summed E-state index contributed by atoms with van der Waals surface area (Å²) in [5.41, 5.74) is 0.348. The van der Waals surface area contributed by atoms with Crippen LogP contribution in [-0.2, 0) is 9.59 Å². The third-order valence-electron chi connectivity index (χ3n) is 3.09. The molecule has 0 aliphatic carbocycles. The Morgan fingerprint density at radius 1 is 1.08 bits per heavy atom. The van der Waals surface area contributed by atoms with E-state index in [4.69, 9.17) is 14.6 Å². The van der Waals surface area contributed by atoms with Gasteiger partial charge in [0.15, 0.2) is 18.1 Å². The smallest absolute Gasteiger partial charge is 0.341 e. The van der Waals surface area contributed by atoms with Crippen LogP contribution in [0.25, 0.3) is 0 Å². The highest BCUT2D eigenvalue weighted by Gasteiger charge is 2.13. The molecule has 0 heterocycles. The maximum absolute atomic E-state index is 12.1. The Kier molecular flexibility index (Phi) is 8.25. The van der Waals surface area contributed by atoms with Gasteiger partial charge in [0.05, 0.1) is 6.61 Å². The van der Waals surface area contributed by atoms with Crippen LogP contribution >= 0.6 is 0 Å². The number of carbonyl (C=O) groups excluding carboxylic acids is 2. The SMILES string of the molecule is CCOc1cc(C(=O)NCCNC(=O)C(C)C)ccc1OCC(=O)O. The number of hydrogen-bond acceptors (Lipinski definition) is 5. The molecule has 1 aromatic rings. The van der Waals surface area contributed by atoms with Gasteiger partial charge in [-0.2, -0.15) is 0 Å². The summed E-state index contributed by atoms with van der Waals surface area (Å²) in [5.74, 6) is -1.07. The van der Waals surface area contributed by atoms with Crippen LogP contribution < -0.4 is 20.1 Å². The van der Waals surface area contributed by atoms with E-state index in [1.807, 2.05) is 0 Å². The second kappa shape index (κ2) is 10.2. The summed E-state index contributed by atoms with van der Waals surface area (Å²) in [6.07, 6.45) is 0. The van der Waals surface area contributed by atoms with Crippen LogP contribution in [0.3, 0.4) is 0 Å². The van der Waals surface area contributed by atoms with Gasteiger partial charge in [-0.05, 0) is 25.1 Å². The first-order valence-electron chi connectivity index (χ1n) is 8.02. The zero-order valence-corrected chi connectivity index (χ0v) is 14.6. The minimum atomic E-state index is -1.10. The van der Waals surface area contributed by atoms with E-state index in [0.29, 0.717) is 31.0 Å². The lowest BCUT2D eigenvalue weighted by Crippen LogP contribution is -2.36. The fourth-order valence-electron chi connectivity index (χ4n) is 1.84. The molecule has 0 fully saturated rings. The number of nitrogens with one attached hydrogen (secondary N) is 2. The number of hydrogen-bond donors (Lipinski definition) is 3. The predicted molar refractivity (Wildman–Crippen MR) is 90.9 cm³/mol. The number of carboxylic acids is 1. The van der Waals surface area contributed by atoms with Crippen molar-refractivity contribution in [3.63, 3.8) is 0 Å². The molecule has 0 unspecified atom stereocenters. The van der Waals surface area contributed by atoms with Crippen molar-refractivity contribution >= 4 is 17.8 Å². The Labute approximate surface area is 146 Å². The molecule has 2 amide bonds. The number of carboxylic acid groups (broad SMARTS) is 1. The Hall–Kier alpha value is -2.77. The summed E-state index contributed by atoms with van der Waals surface area (Å²) in [6, 6.07) is 4.49. The molecule has 8 heteroatoms. The number of ether oxygens (including phenoxy) is 2. The minimum Gasteiger partial charge on any atom is -0.490 e. The van der Waals surface area contributed by atoms with Crippen LogP contribution in [0.4, 0.5) is 0 Å². The Bertz CT molecular complexity index is 615. The summed E-state index contributed by atoms with van der Waals surface area (Å²) in [4.78, 5) is 34.2. The Morgan fingerprint density at radius 2 is 1.76 bits per heavy atom. The van der Waals surface area contributed by atoms with Gasteiger partial charge in [0.25, 0.3) is 5.91 Å². The normalized spacial score (nSPS) is 10.2. The van der Waals surface area contributed by atoms with Gasteiger partial charge in [0.1, 0.15) is 0 Å². The maximum atomic E-state index is 12.1. The molecule has 0 spiro atoms. The molecule has 3 N–H and O–H groups in total. The number of benzene rings is 1. The summed E-state index contributed by atoms with van der Waals surface area (Å²) >= 11 is 0. The first-order chi connectivity index (χ1) is 11.8. The largest absolute Gasteiger partial charge is 0.490 e. The standard InChI is InChI=1S/C17H24N2O6/c1-4-24-14-9-12(5-6-13(14)25-10-15(20)21)17(23)19-8-7-18-16(22)11(2)3/h5-6,9,11H,4,7-8,10H2,1-3H3,(H,18,22)(H,19,23)(H,20,21). The van der Waals surface area contributed by atoms with Crippen molar-refractivity contribution in [2.45, 2.75) is 20.8 Å². The van der Waals surface area contributed by atoms with E-state index in [-0.39, 0.29) is 23.5 Å². The molecule has 0 bridgehead atoms. The zero-order valence-electron chi connectivity index (χ0n) is 14.6. The molecule has 0 atom stereocenters. The van der Waals surface area contributed by atoms with Gasteiger partial charge >= 0.3 is 5.97 Å². The second-order valence-electron chi connectivity index (χ2n) is 5.48. The Morgan fingerprint density at radius 3 is 2.36 bits per heavy atom. The van der Waals surface area contributed by atoms with E-state index in [0.717, 1.165) is 0 Å². The highest BCUT2D eigenvalue weighted by molar-refractivity contribution is 5.95. The van der Waals surface area contributed by atoms with Crippen molar-refractivity contribution in [2.24, 2.45) is 5.92 Å². The van der Waals surface area contributed by atoms with Crippen molar-refractivity contribution in [1.82, 2.24) is 10.6 Å². The topological polar surface area (TPSA) is 114 Å². The molecule has 8 nitrogen and oxygen atoms in total. The van der Waals surface area contributed by atoms with Gasteiger partial charge in [0.2, 0.25) is 5.91 Å². The first kappa shape index (κ1) is 20.3. The van der Waals surface area contributed by atoms with Gasteiger partial charge in [0, 0.05) is 24.6 Å². The number of amides is 2. The Balaban J connectivity index is 2.64. The highest BCUT2D eigenvalue weighted by atomic mass is 16.5. The zero-order chi connectivity index (χ0) is 18.8. The van der Waals surface area contributed by atoms with Crippen LogP contribution in [0, 0.1) is 5.92 Å². The average Bonchev–Trinajstić information content (AvgIpc) is 2.57. The summed E-state index contributed by atoms with van der Waals surface area (Å²) in [6.45, 7) is 5.82. The molecule has 0 radical (unpaired) electrons. The predicted octanol–water partition coefficient (Wildman–Crippen LogP) is 1.05. The van der Waals surface area contributed by atoms with E-state index in [9.17, 15) is 14.4 Å². The quantitative estimate of drug-likeness (QED) is 0.542. The van der Waals surface area contributed by atoms with Crippen molar-refractivity contribution in [3.05, 3.63) is 23.8 Å². The molecule has 0 aliphatic heterocycles. The molecule has 1 rings (SSSR count). The molecular formula is C17H24N2O6. The highest BCUT2D eigenvalue weighted by Crippen LogP contribution is 2.28. The number of aliphatic carboxylic acids is 1. The fraction of sp³-hybridized carbons (Fsp3) is 0.471. The number of rotatable bonds is 10. The van der Waals surface area contributed by atoms with E-state index < -0.39 is 12.6 Å². The molecule has 0 saturated carbocycles. The van der Waals surface area contributed by atoms with Gasteiger partial charge in [-0.25, -0.2) is 4.79 Å². The first-order valence-corrected chi connectivity index (χ1v) is 8.02. The summed E-state index contributed by atoms with van der Waals surface area (Å²) in [7, 11) is 0. The van der Waals surface area contributed by atoms with Crippen LogP contribution in [0.1, 0.15) is 31.1 Å². The third-order valence-corrected chi connectivity index (χ3v) is 3.09. The molecule has 1 aromatic carbocycles. The molecule has 0 saturated heterocycles. The van der Waals surface area contributed by atoms with E-state index in [1.54, 1.807) is 20.8 Å².